The third-order valence-electron chi connectivity index (χ3n) is 4.31. The maximum absolute atomic E-state index is 11.7. The number of ketones is 1. The molecule has 2 saturated carbocycles. The number of carbonyl (C=O) groups excluding carboxylic acids is 2. The smallest absolute Gasteiger partial charge is 0.222 e. The minimum atomic E-state index is 0. The largest absolute Gasteiger partial charge is 0.400 e. The average molecular weight is 362 g/mol. The second-order valence-corrected chi connectivity index (χ2v) is 5.92. The molecule has 5 heteroatoms. The van der Waals surface area contributed by atoms with E-state index in [2.05, 4.69) is 5.32 Å². The highest BCUT2D eigenvalue weighted by Gasteiger charge is 2.32. The summed E-state index contributed by atoms with van der Waals surface area (Å²) < 4.78 is 5.73. The first-order valence-electron chi connectivity index (χ1n) is 10.0. The molecule has 0 atom stereocenters. The van der Waals surface area contributed by atoms with Crippen LogP contribution in [0, 0.1) is 5.92 Å². The molecule has 0 aromatic rings. The van der Waals surface area contributed by atoms with E-state index in [1.165, 1.54) is 19.3 Å². The molecule has 0 saturated heterocycles. The molecule has 2 N–H and O–H groups in total. The van der Waals surface area contributed by atoms with Gasteiger partial charge in [0.25, 0.3) is 0 Å². The summed E-state index contributed by atoms with van der Waals surface area (Å²) in [7, 11) is 1.00. The van der Waals surface area contributed by atoms with Gasteiger partial charge in [0.1, 0.15) is 5.78 Å². The lowest BCUT2D eigenvalue weighted by atomic mass is 9.78. The molecule has 0 aromatic carbocycles. The van der Waals surface area contributed by atoms with E-state index in [4.69, 9.17) is 9.84 Å². The highest BCUT2D eigenvalue weighted by Crippen LogP contribution is 2.28. The SMILES string of the molecule is CC.CC.CC(=O)C1CC(NC(=O)CCOC2CCCCC2)C1.CO.[HH]. The van der Waals surface area contributed by atoms with Gasteiger partial charge in [-0.1, -0.05) is 47.0 Å². The highest BCUT2D eigenvalue weighted by molar-refractivity contribution is 5.80. The van der Waals surface area contributed by atoms with E-state index in [0.717, 1.165) is 32.8 Å². The molecule has 5 nitrogen and oxygen atoms in total. The first-order chi connectivity index (χ1) is 12.1. The maximum atomic E-state index is 11.7. The number of nitrogens with one attached hydrogen (secondary N) is 1. The fourth-order valence-corrected chi connectivity index (χ4v) is 2.92. The zero-order valence-corrected chi connectivity index (χ0v) is 17.3. The van der Waals surface area contributed by atoms with Crippen molar-refractivity contribution in [3.8, 4) is 0 Å². The van der Waals surface area contributed by atoms with E-state index in [-0.39, 0.29) is 25.1 Å². The van der Waals surface area contributed by atoms with Gasteiger partial charge in [0.15, 0.2) is 0 Å². The Bertz CT molecular complexity index is 328. The topological polar surface area (TPSA) is 75.6 Å². The van der Waals surface area contributed by atoms with Crippen LogP contribution in [0.25, 0.3) is 0 Å². The molecule has 0 spiro atoms. The lowest BCUT2D eigenvalue weighted by Crippen LogP contribution is -2.46. The number of Topliss-reactive ketones (excluding diaryl/α,β-unsaturated/α-hetero) is 1. The number of carbonyl (C=O) groups is 2. The lowest BCUT2D eigenvalue weighted by molar-refractivity contribution is -0.128. The van der Waals surface area contributed by atoms with E-state index in [9.17, 15) is 9.59 Å². The second kappa shape index (κ2) is 17.9. The van der Waals surface area contributed by atoms with Gasteiger partial charge in [0, 0.05) is 26.9 Å². The molecule has 0 aliphatic heterocycles. The summed E-state index contributed by atoms with van der Waals surface area (Å²) in [6, 6.07) is 0.205. The Morgan fingerprint density at radius 3 is 2.04 bits per heavy atom. The number of rotatable bonds is 6. The molecular weight excluding hydrogens is 318 g/mol. The average Bonchev–Trinajstić information content (AvgIpc) is 2.63. The minimum Gasteiger partial charge on any atom is -0.400 e. The van der Waals surface area contributed by atoms with Crippen molar-refractivity contribution in [2.45, 2.75) is 98.1 Å². The summed E-state index contributed by atoms with van der Waals surface area (Å²) in [6.07, 6.45) is 8.55. The Balaban J connectivity index is -0.000000686. The fraction of sp³-hybridized carbons (Fsp3) is 0.900. The van der Waals surface area contributed by atoms with Crippen LogP contribution in [0.5, 0.6) is 0 Å². The third kappa shape index (κ3) is 12.1. The van der Waals surface area contributed by atoms with Crippen LogP contribution >= 0.6 is 0 Å². The second-order valence-electron chi connectivity index (χ2n) is 5.92. The normalized spacial score (nSPS) is 21.7. The monoisotopic (exact) mass is 361 g/mol. The number of hydrogen-bond donors (Lipinski definition) is 2. The first-order valence-corrected chi connectivity index (χ1v) is 10.0. The van der Waals surface area contributed by atoms with Gasteiger partial charge in [-0.05, 0) is 32.6 Å². The quantitative estimate of drug-likeness (QED) is 0.746. The van der Waals surface area contributed by atoms with E-state index in [1.54, 1.807) is 6.92 Å². The molecular formula is C20H43NO4. The Kier molecular flexibility index (Phi) is 18.8. The molecule has 2 aliphatic carbocycles. The van der Waals surface area contributed by atoms with E-state index in [0.29, 0.717) is 19.1 Å². The molecule has 2 fully saturated rings. The van der Waals surface area contributed by atoms with Crippen LogP contribution in [-0.4, -0.2) is 42.7 Å². The van der Waals surface area contributed by atoms with Crippen LogP contribution < -0.4 is 5.32 Å². The van der Waals surface area contributed by atoms with Crippen molar-refractivity contribution < 1.29 is 20.9 Å². The van der Waals surface area contributed by atoms with Gasteiger partial charge in [-0.2, -0.15) is 0 Å². The van der Waals surface area contributed by atoms with Crippen molar-refractivity contribution >= 4 is 11.7 Å². The van der Waals surface area contributed by atoms with Crippen molar-refractivity contribution in [3.05, 3.63) is 0 Å². The van der Waals surface area contributed by atoms with Crippen molar-refractivity contribution in [2.75, 3.05) is 13.7 Å². The van der Waals surface area contributed by atoms with Crippen LogP contribution in [0.1, 0.15) is 87.4 Å². The van der Waals surface area contributed by atoms with Gasteiger partial charge in [0.2, 0.25) is 5.91 Å². The van der Waals surface area contributed by atoms with Crippen molar-refractivity contribution in [3.63, 3.8) is 0 Å². The Morgan fingerprint density at radius 1 is 1.04 bits per heavy atom. The highest BCUT2D eigenvalue weighted by atomic mass is 16.5. The molecule has 0 bridgehead atoms. The zero-order chi connectivity index (χ0) is 19.7. The van der Waals surface area contributed by atoms with Gasteiger partial charge in [0.05, 0.1) is 12.7 Å². The van der Waals surface area contributed by atoms with Gasteiger partial charge in [-0.25, -0.2) is 0 Å². The summed E-state index contributed by atoms with van der Waals surface area (Å²) in [5.74, 6) is 0.470. The molecule has 2 aliphatic rings. The first kappa shape index (κ1) is 26.3. The van der Waals surface area contributed by atoms with Crippen LogP contribution in [-0.2, 0) is 14.3 Å². The number of aliphatic hydroxyl groups excluding tert-OH is 1. The predicted molar refractivity (Wildman–Crippen MR) is 106 cm³/mol. The van der Waals surface area contributed by atoms with Gasteiger partial charge < -0.3 is 15.2 Å². The van der Waals surface area contributed by atoms with E-state index >= 15 is 0 Å². The van der Waals surface area contributed by atoms with Crippen LogP contribution in [0.3, 0.4) is 0 Å². The van der Waals surface area contributed by atoms with Crippen LogP contribution in [0.15, 0.2) is 0 Å². The Labute approximate surface area is 156 Å². The van der Waals surface area contributed by atoms with Crippen LogP contribution in [0.4, 0.5) is 0 Å². The number of amides is 1. The lowest BCUT2D eigenvalue weighted by Gasteiger charge is -2.34. The summed E-state index contributed by atoms with van der Waals surface area (Å²) in [6.45, 7) is 10.2. The molecule has 0 unspecified atom stereocenters. The summed E-state index contributed by atoms with van der Waals surface area (Å²) >= 11 is 0. The predicted octanol–water partition coefficient (Wildman–Crippen LogP) is 4.12. The molecule has 0 aromatic heterocycles. The van der Waals surface area contributed by atoms with E-state index in [1.807, 2.05) is 27.7 Å². The summed E-state index contributed by atoms with van der Waals surface area (Å²) in [4.78, 5) is 22.8. The van der Waals surface area contributed by atoms with Gasteiger partial charge in [-0.15, -0.1) is 0 Å². The molecule has 1 amide bonds. The minimum absolute atomic E-state index is 0. The number of ether oxygens (including phenoxy) is 1. The molecule has 152 valence electrons. The fourth-order valence-electron chi connectivity index (χ4n) is 2.92. The van der Waals surface area contributed by atoms with Gasteiger partial charge in [-0.3, -0.25) is 9.59 Å². The van der Waals surface area contributed by atoms with E-state index < -0.39 is 0 Å². The Hall–Kier alpha value is -0.940. The Morgan fingerprint density at radius 2 is 1.56 bits per heavy atom. The van der Waals surface area contributed by atoms with Crippen molar-refractivity contribution in [2.24, 2.45) is 5.92 Å². The molecule has 0 radical (unpaired) electrons. The van der Waals surface area contributed by atoms with Crippen molar-refractivity contribution in [1.82, 2.24) is 5.32 Å². The number of hydrogen-bond acceptors (Lipinski definition) is 4. The van der Waals surface area contributed by atoms with Crippen molar-refractivity contribution in [1.29, 1.82) is 0 Å². The van der Waals surface area contributed by atoms with Crippen LogP contribution in [0.2, 0.25) is 0 Å². The summed E-state index contributed by atoms with van der Waals surface area (Å²) in [5.41, 5.74) is 0. The zero-order valence-electron chi connectivity index (χ0n) is 17.3. The van der Waals surface area contributed by atoms with Gasteiger partial charge >= 0.3 is 0 Å². The summed E-state index contributed by atoms with van der Waals surface area (Å²) in [5, 5.41) is 9.97. The number of aliphatic hydroxyl groups is 1. The standard InChI is InChI=1S/C15H25NO3.2C2H6.CH4O.H2/c1-11(17)12-9-13(10-12)16-15(18)7-8-19-14-5-3-2-4-6-14;3*1-2;/h12-14H,2-10H2,1H3,(H,16,18);2*1-2H3;2H,1H3;1H. The molecule has 25 heavy (non-hydrogen) atoms. The third-order valence-corrected chi connectivity index (χ3v) is 4.31. The molecule has 0 heterocycles. The maximum Gasteiger partial charge on any atom is 0.222 e. The molecule has 2 rings (SSSR count).